The van der Waals surface area contributed by atoms with Crippen LogP contribution in [0.25, 0.3) is 0 Å². The summed E-state index contributed by atoms with van der Waals surface area (Å²) in [6, 6.07) is 14.1. The third-order valence-corrected chi connectivity index (χ3v) is 11.0. The highest BCUT2D eigenvalue weighted by Crippen LogP contribution is 2.29. The van der Waals surface area contributed by atoms with Crippen LogP contribution in [0.15, 0.2) is 64.4 Å². The first-order valence-corrected chi connectivity index (χ1v) is 16.2. The van der Waals surface area contributed by atoms with Gasteiger partial charge in [0, 0.05) is 31.4 Å². The van der Waals surface area contributed by atoms with E-state index in [1.54, 1.807) is 24.3 Å². The first-order chi connectivity index (χ1) is 18.2. The number of hydrogen-bond acceptors (Lipinski definition) is 6. The first-order valence-electron chi connectivity index (χ1n) is 13.3. The molecule has 2 aromatic carbocycles. The Hall–Kier alpha value is -2.31. The highest BCUT2D eigenvalue weighted by Gasteiger charge is 2.33. The lowest BCUT2D eigenvalue weighted by Crippen LogP contribution is -2.42. The van der Waals surface area contributed by atoms with Gasteiger partial charge >= 0.3 is 0 Å². The number of rotatable bonds is 11. The Kier molecular flexibility index (Phi) is 9.59. The van der Waals surface area contributed by atoms with Gasteiger partial charge in [0.05, 0.1) is 22.4 Å². The van der Waals surface area contributed by atoms with Crippen LogP contribution in [-0.4, -0.2) is 69.7 Å². The summed E-state index contributed by atoms with van der Waals surface area (Å²) in [6.45, 7) is 2.39. The molecule has 2 aliphatic rings. The number of carbonyl (C=O) groups excluding carboxylic acids is 1. The molecular formula is C27H37N3O6S2. The normalized spacial score (nSPS) is 19.2. The standard InChI is InChI=1S/C27H37N3O6S2/c1-2-30(23-12-7-4-8-13-23)38(34,35)26-17-15-25(16-18-26)37(32,33)29(20-24-14-9-19-36-24)21-27(31)28-22-10-5-3-6-11-22/h3,5-6,10-11,15-18,23-24H,2,4,7-9,12-14,19-21H2,1H3,(H,28,31)/t24-/m1/s1. The van der Waals surface area contributed by atoms with Crippen molar-refractivity contribution in [3.63, 3.8) is 0 Å². The van der Waals surface area contributed by atoms with Gasteiger partial charge < -0.3 is 10.1 Å². The summed E-state index contributed by atoms with van der Waals surface area (Å²) in [5.41, 5.74) is 0.569. The zero-order valence-corrected chi connectivity index (χ0v) is 23.4. The monoisotopic (exact) mass is 563 g/mol. The van der Waals surface area contributed by atoms with Gasteiger partial charge in [-0.15, -0.1) is 0 Å². The molecule has 0 radical (unpaired) electrons. The molecule has 11 heteroatoms. The van der Waals surface area contributed by atoms with Gasteiger partial charge in [-0.1, -0.05) is 44.4 Å². The van der Waals surface area contributed by atoms with Crippen LogP contribution in [0.1, 0.15) is 51.9 Å². The van der Waals surface area contributed by atoms with E-state index in [0.717, 1.165) is 42.8 Å². The molecule has 0 bridgehead atoms. The van der Waals surface area contributed by atoms with E-state index >= 15 is 0 Å². The third kappa shape index (κ3) is 6.81. The van der Waals surface area contributed by atoms with Gasteiger partial charge in [-0.05, 0) is 62.1 Å². The van der Waals surface area contributed by atoms with Crippen LogP contribution in [-0.2, 0) is 29.6 Å². The maximum atomic E-state index is 13.6. The summed E-state index contributed by atoms with van der Waals surface area (Å²) < 4.78 is 62.4. The van der Waals surface area contributed by atoms with E-state index in [9.17, 15) is 21.6 Å². The number of nitrogens with one attached hydrogen (secondary N) is 1. The lowest BCUT2D eigenvalue weighted by atomic mass is 9.95. The Morgan fingerprint density at radius 3 is 2.08 bits per heavy atom. The molecule has 1 atom stereocenters. The maximum Gasteiger partial charge on any atom is 0.243 e. The number of sulfonamides is 2. The lowest BCUT2D eigenvalue weighted by Gasteiger charge is -2.32. The number of ether oxygens (including phenoxy) is 1. The van der Waals surface area contributed by atoms with Gasteiger partial charge in [0.15, 0.2) is 0 Å². The van der Waals surface area contributed by atoms with Gasteiger partial charge in [-0.2, -0.15) is 8.61 Å². The van der Waals surface area contributed by atoms with E-state index in [4.69, 9.17) is 4.74 Å². The minimum absolute atomic E-state index is 0.0350. The highest BCUT2D eigenvalue weighted by molar-refractivity contribution is 7.89. The van der Waals surface area contributed by atoms with Crippen LogP contribution < -0.4 is 5.32 Å². The molecule has 1 amide bonds. The summed E-state index contributed by atoms with van der Waals surface area (Å²) in [4.78, 5) is 12.8. The van der Waals surface area contributed by atoms with Crippen molar-refractivity contribution in [2.24, 2.45) is 0 Å². The van der Waals surface area contributed by atoms with Crippen LogP contribution in [0.3, 0.4) is 0 Å². The third-order valence-electron chi connectivity index (χ3n) is 7.17. The zero-order valence-electron chi connectivity index (χ0n) is 21.8. The SMILES string of the molecule is CCN(C1CCCCC1)S(=O)(=O)c1ccc(S(=O)(=O)N(CC(=O)Nc2ccccc2)C[C@H]2CCCO2)cc1. The number of carbonyl (C=O) groups is 1. The van der Waals surface area contributed by atoms with E-state index in [0.29, 0.717) is 25.3 Å². The Bertz CT molecular complexity index is 1270. The van der Waals surface area contributed by atoms with Crippen LogP contribution in [0.4, 0.5) is 5.69 Å². The molecule has 1 saturated carbocycles. The molecule has 38 heavy (non-hydrogen) atoms. The van der Waals surface area contributed by atoms with Crippen molar-refractivity contribution in [1.29, 1.82) is 0 Å². The number of para-hydroxylation sites is 1. The summed E-state index contributed by atoms with van der Waals surface area (Å²) in [7, 11) is -7.87. The van der Waals surface area contributed by atoms with Crippen molar-refractivity contribution in [2.75, 3.05) is 31.6 Å². The molecule has 2 aromatic rings. The fraction of sp³-hybridized carbons (Fsp3) is 0.519. The first kappa shape index (κ1) is 28.7. The van der Waals surface area contributed by atoms with Gasteiger partial charge in [0.1, 0.15) is 0 Å². The number of amides is 1. The Morgan fingerprint density at radius 1 is 0.868 bits per heavy atom. The van der Waals surface area contributed by atoms with Crippen molar-refractivity contribution in [1.82, 2.24) is 8.61 Å². The predicted molar refractivity (Wildman–Crippen MR) is 146 cm³/mol. The predicted octanol–water partition coefficient (Wildman–Crippen LogP) is 3.84. The van der Waals surface area contributed by atoms with Crippen LogP contribution in [0, 0.1) is 0 Å². The summed E-state index contributed by atoms with van der Waals surface area (Å²) >= 11 is 0. The fourth-order valence-electron chi connectivity index (χ4n) is 5.21. The molecule has 4 rings (SSSR count). The van der Waals surface area contributed by atoms with Gasteiger partial charge in [-0.3, -0.25) is 4.79 Å². The maximum absolute atomic E-state index is 13.6. The molecule has 1 N–H and O–H groups in total. The summed E-state index contributed by atoms with van der Waals surface area (Å²) in [5.74, 6) is -0.469. The van der Waals surface area contributed by atoms with Crippen LogP contribution in [0.5, 0.6) is 0 Å². The van der Waals surface area contributed by atoms with Crippen molar-refractivity contribution in [2.45, 2.75) is 73.8 Å². The van der Waals surface area contributed by atoms with Crippen molar-refractivity contribution in [3.8, 4) is 0 Å². The highest BCUT2D eigenvalue weighted by atomic mass is 32.2. The quantitative estimate of drug-likeness (QED) is 0.445. The second-order valence-corrected chi connectivity index (χ2v) is 13.6. The van der Waals surface area contributed by atoms with Crippen LogP contribution >= 0.6 is 0 Å². The molecule has 1 heterocycles. The zero-order chi connectivity index (χ0) is 27.2. The average molecular weight is 564 g/mol. The topological polar surface area (TPSA) is 113 Å². The minimum Gasteiger partial charge on any atom is -0.377 e. The van der Waals surface area contributed by atoms with Gasteiger partial charge in [0.25, 0.3) is 0 Å². The number of hydrogen-bond donors (Lipinski definition) is 1. The molecule has 1 saturated heterocycles. The summed E-state index contributed by atoms with van der Waals surface area (Å²) in [5, 5.41) is 2.73. The second kappa shape index (κ2) is 12.7. The van der Waals surface area contributed by atoms with Crippen LogP contribution in [0.2, 0.25) is 0 Å². The number of anilines is 1. The van der Waals surface area contributed by atoms with Crippen molar-refractivity contribution in [3.05, 3.63) is 54.6 Å². The Labute approximate surface area is 226 Å². The molecule has 0 unspecified atom stereocenters. The molecule has 0 spiro atoms. The summed E-state index contributed by atoms with van der Waals surface area (Å²) in [6.07, 6.45) is 6.03. The van der Waals surface area contributed by atoms with Crippen molar-refractivity contribution >= 4 is 31.6 Å². The van der Waals surface area contributed by atoms with E-state index in [1.165, 1.54) is 28.6 Å². The van der Waals surface area contributed by atoms with Gasteiger partial charge in [-0.25, -0.2) is 16.8 Å². The molecule has 0 aromatic heterocycles. The fourth-order valence-corrected chi connectivity index (χ4v) is 8.33. The largest absolute Gasteiger partial charge is 0.377 e. The van der Waals surface area contributed by atoms with Crippen molar-refractivity contribution < 1.29 is 26.4 Å². The Balaban J connectivity index is 1.54. The van der Waals surface area contributed by atoms with E-state index in [2.05, 4.69) is 5.32 Å². The molecule has 208 valence electrons. The molecular weight excluding hydrogens is 526 g/mol. The smallest absolute Gasteiger partial charge is 0.243 e. The lowest BCUT2D eigenvalue weighted by molar-refractivity contribution is -0.116. The average Bonchev–Trinajstić information content (AvgIpc) is 3.43. The van der Waals surface area contributed by atoms with E-state index in [-0.39, 0.29) is 35.0 Å². The van der Waals surface area contributed by atoms with E-state index < -0.39 is 26.0 Å². The molecule has 9 nitrogen and oxygen atoms in total. The minimum atomic E-state index is -4.10. The van der Waals surface area contributed by atoms with Gasteiger partial charge in [0.2, 0.25) is 26.0 Å². The molecule has 1 aliphatic carbocycles. The second-order valence-electron chi connectivity index (χ2n) is 9.82. The van der Waals surface area contributed by atoms with E-state index in [1.807, 2.05) is 13.0 Å². The molecule has 2 fully saturated rings. The number of benzene rings is 2. The number of nitrogens with zero attached hydrogens (tertiary/aromatic N) is 2. The Morgan fingerprint density at radius 2 is 1.50 bits per heavy atom. The molecule has 1 aliphatic heterocycles.